The molecule has 15 aromatic heterocycles. The summed E-state index contributed by atoms with van der Waals surface area (Å²) in [6.07, 6.45) is 11.0. The van der Waals surface area contributed by atoms with E-state index in [1.807, 2.05) is 158 Å². The van der Waals surface area contributed by atoms with Crippen LogP contribution in [0, 0.1) is 0 Å². The van der Waals surface area contributed by atoms with E-state index >= 15 is 0 Å². The molecule has 0 fully saturated rings. The highest BCUT2D eigenvalue weighted by molar-refractivity contribution is 5.96. The Kier molecular flexibility index (Phi) is 23.7. The summed E-state index contributed by atoms with van der Waals surface area (Å²) in [6.45, 7) is 0. The summed E-state index contributed by atoms with van der Waals surface area (Å²) in [7, 11) is 0. The average Bonchev–Trinajstić information content (AvgIpc) is 1.60. The lowest BCUT2D eigenvalue weighted by molar-refractivity contribution is 1.00. The molecule has 14 aromatic carbocycles. The van der Waals surface area contributed by atoms with Gasteiger partial charge in [0.1, 0.15) is 5.69 Å². The van der Waals surface area contributed by atoms with E-state index in [0.29, 0.717) is 0 Å². The first-order valence-electron chi connectivity index (χ1n) is 50.0. The highest BCUT2D eigenvalue weighted by Gasteiger charge is 2.21. The summed E-state index contributed by atoms with van der Waals surface area (Å²) >= 11 is 0. The number of aromatic nitrogens is 15. The van der Waals surface area contributed by atoms with Crippen LogP contribution in [0.1, 0.15) is 0 Å². The summed E-state index contributed by atoms with van der Waals surface area (Å²) in [5.74, 6) is 0. The fraction of sp³-hybridized carbons (Fsp3) is 0. The van der Waals surface area contributed by atoms with E-state index in [2.05, 4.69) is 415 Å². The molecule has 0 saturated heterocycles. The summed E-state index contributed by atoms with van der Waals surface area (Å²) in [6, 6.07) is 175. The minimum absolute atomic E-state index is 0.794. The monoisotopic (exact) mass is 1920 g/mol. The highest BCUT2D eigenvalue weighted by atomic mass is 15.2. The van der Waals surface area contributed by atoms with E-state index < -0.39 is 0 Å². The van der Waals surface area contributed by atoms with Gasteiger partial charge in [0.05, 0.1) is 107 Å². The molecule has 15 heteroatoms. The lowest BCUT2D eigenvalue weighted by Crippen LogP contribution is -1.94. The van der Waals surface area contributed by atoms with Gasteiger partial charge in [-0.25, -0.2) is 33.0 Å². The van der Waals surface area contributed by atoms with E-state index in [9.17, 15) is 0 Å². The van der Waals surface area contributed by atoms with Gasteiger partial charge in [-0.15, -0.1) is 0 Å². The van der Waals surface area contributed by atoms with Gasteiger partial charge in [-0.2, -0.15) is 20.4 Å². The molecule has 0 aliphatic heterocycles. The van der Waals surface area contributed by atoms with Crippen molar-refractivity contribution < 1.29 is 0 Å². The van der Waals surface area contributed by atoms with E-state index in [1.165, 1.54) is 43.4 Å². The molecule has 15 nitrogen and oxygen atoms in total. The first-order chi connectivity index (χ1) is 74.2. The van der Waals surface area contributed by atoms with Crippen molar-refractivity contribution in [3.63, 3.8) is 0 Å². The van der Waals surface area contributed by atoms with Crippen molar-refractivity contribution in [2.24, 2.45) is 0 Å². The van der Waals surface area contributed by atoms with Crippen LogP contribution in [0.3, 0.4) is 0 Å². The van der Waals surface area contributed by atoms with Crippen LogP contribution < -0.4 is 0 Å². The second kappa shape index (κ2) is 39.6. The molecule has 15 heterocycles. The maximum Gasteiger partial charge on any atom is 0.112 e. The molecular weight excluding hydrogens is 1830 g/mol. The number of para-hydroxylation sites is 4. The zero-order valence-electron chi connectivity index (χ0n) is 81.1. The van der Waals surface area contributed by atoms with Gasteiger partial charge in [0.15, 0.2) is 0 Å². The Morgan fingerprint density at radius 2 is 0.407 bits per heavy atom. The molecule has 0 radical (unpaired) electrons. The zero-order chi connectivity index (χ0) is 99.6. The van der Waals surface area contributed by atoms with Crippen LogP contribution in [0.2, 0.25) is 0 Å². The third-order valence-electron chi connectivity index (χ3n) is 27.7. The van der Waals surface area contributed by atoms with Crippen molar-refractivity contribution in [3.05, 3.63) is 541 Å². The van der Waals surface area contributed by atoms with Crippen LogP contribution in [0.25, 0.3) is 256 Å². The molecule has 0 N–H and O–H groups in total. The van der Waals surface area contributed by atoms with Gasteiger partial charge in [0.2, 0.25) is 0 Å². The SMILES string of the molecule is c1ccc(-c2cc(-c3ccccc3)nc(-c3cc4ccc5ccccc5n4n3)c2)cc1.c1ccc(-c2ccc(-c3cc(-c4cc5ccc6ccccc6n5n4)cc(-c4ccc(-c5ccccn5)cc4)n3)nc2)cc1.c1ccc2c(c1)ccc1cc(-c3cc(-c4ccc(-c5ccncc5)cc4)nc(-c4ccc(-c5ccncc5)cc4)c3)nn12.c1ccc2cc(-c3ccc4cc(-c5cc6ccc7ccccc7n6n5)ccc4c3)ccc2c1. The number of benzene rings is 14. The second-order valence-corrected chi connectivity index (χ2v) is 37.2. The zero-order valence-corrected chi connectivity index (χ0v) is 81.1. The maximum absolute atomic E-state index is 5.15. The summed E-state index contributed by atoms with van der Waals surface area (Å²) in [4.78, 5) is 32.9. The quantitative estimate of drug-likeness (QED) is 0.0961. The predicted molar refractivity (Wildman–Crippen MR) is 612 cm³/mol. The van der Waals surface area contributed by atoms with Crippen molar-refractivity contribution in [2.75, 3.05) is 0 Å². The van der Waals surface area contributed by atoms with Crippen LogP contribution in [0.5, 0.6) is 0 Å². The lowest BCUT2D eigenvalue weighted by Gasteiger charge is -2.10. The fourth-order valence-corrected chi connectivity index (χ4v) is 19.9. The number of fused-ring (bicyclic) bond motifs is 14. The molecule has 0 saturated carbocycles. The molecule has 0 aliphatic carbocycles. The minimum Gasteiger partial charge on any atom is -0.265 e. The first-order valence-corrected chi connectivity index (χ1v) is 50.0. The van der Waals surface area contributed by atoms with Crippen LogP contribution in [-0.2, 0) is 0 Å². The Labute approximate surface area is 863 Å². The van der Waals surface area contributed by atoms with Crippen molar-refractivity contribution in [2.45, 2.75) is 0 Å². The molecule has 0 aliphatic rings. The average molecular weight is 1920 g/mol. The molecule has 0 unspecified atom stereocenters. The smallest absolute Gasteiger partial charge is 0.112 e. The van der Waals surface area contributed by atoms with Crippen molar-refractivity contribution in [1.82, 2.24) is 73.3 Å². The van der Waals surface area contributed by atoms with E-state index in [1.54, 1.807) is 0 Å². The number of hydrogen-bond donors (Lipinski definition) is 0. The molecule has 704 valence electrons. The van der Waals surface area contributed by atoms with Gasteiger partial charge in [-0.1, -0.05) is 334 Å². The number of rotatable bonds is 15. The van der Waals surface area contributed by atoms with Crippen molar-refractivity contribution >= 4 is 87.2 Å². The Morgan fingerprint density at radius 1 is 0.127 bits per heavy atom. The van der Waals surface area contributed by atoms with Crippen LogP contribution >= 0.6 is 0 Å². The third kappa shape index (κ3) is 18.3. The van der Waals surface area contributed by atoms with Gasteiger partial charge in [-0.3, -0.25) is 19.9 Å². The van der Waals surface area contributed by atoms with E-state index in [4.69, 9.17) is 40.3 Å². The second-order valence-electron chi connectivity index (χ2n) is 37.2. The summed E-state index contributed by atoms with van der Waals surface area (Å²) in [5.41, 5.74) is 39.2. The van der Waals surface area contributed by atoms with Gasteiger partial charge >= 0.3 is 0 Å². The molecule has 29 rings (SSSR count). The number of nitrogens with zero attached hydrogens (tertiary/aromatic N) is 15. The Morgan fingerprint density at radius 3 is 0.840 bits per heavy atom. The van der Waals surface area contributed by atoms with E-state index in [0.717, 1.165) is 212 Å². The molecule has 150 heavy (non-hydrogen) atoms. The molecule has 0 bridgehead atoms. The number of hydrogen-bond acceptors (Lipinski definition) is 11. The summed E-state index contributed by atoms with van der Waals surface area (Å²) in [5, 5.41) is 29.6. The molecule has 0 atom stereocenters. The van der Waals surface area contributed by atoms with Crippen LogP contribution in [0.4, 0.5) is 0 Å². The van der Waals surface area contributed by atoms with Gasteiger partial charge < -0.3 is 0 Å². The van der Waals surface area contributed by atoms with Crippen LogP contribution in [0.15, 0.2) is 541 Å². The lowest BCUT2D eigenvalue weighted by atomic mass is 9.97. The highest BCUT2D eigenvalue weighted by Crippen LogP contribution is 2.40. The normalized spacial score (nSPS) is 11.3. The fourth-order valence-electron chi connectivity index (χ4n) is 19.9. The predicted octanol–water partition coefficient (Wildman–Crippen LogP) is 33.0. The molecule has 29 aromatic rings. The Balaban J connectivity index is 0.000000102. The largest absolute Gasteiger partial charge is 0.265 e. The standard InChI is InChI=1S/2C38H25N5.C31H20N2.C28H19N3/c1-2-8-26(9-3-1)30-18-20-34(40-25-30)37-23-31(36-24-32-19-17-29-10-4-5-12-38(29)43(32)42-36)22-35(41-37)28-15-13-27(14-16-28)33-11-6-7-21-39-33;1-2-4-38-32(3-1)13-14-34-25-37(42-43(34)38)33-23-35(30-9-5-26(6-10-30)28-15-19-39-20-16-28)41-36(24-33)31-11-7-27(8-12-31)29-17-21-40-22-18-29;1-2-7-23-17-24(10-9-21(23)5-1)25-11-12-27-19-28(14-13-26(27)18-25)30-20-29-16-15-22-6-3-4-8-31(22)33(29)32-30;1-3-9-20(10-4-1)23-17-25(21-11-5-2-6-12-21)29-26(18-23)27-19-24-16-15-22-13-7-8-14-28(22)31(24)30-27/h2*1-25H;1-20H;1-19H. The topological polar surface area (TPSA) is 159 Å². The molecule has 0 spiro atoms. The van der Waals surface area contributed by atoms with Crippen LogP contribution in [-0.4, -0.2) is 73.3 Å². The summed E-state index contributed by atoms with van der Waals surface area (Å²) < 4.78 is 8.08. The first kappa shape index (κ1) is 89.5. The van der Waals surface area contributed by atoms with Gasteiger partial charge in [0, 0.05) is 109 Å². The van der Waals surface area contributed by atoms with Crippen molar-refractivity contribution in [1.29, 1.82) is 0 Å². The van der Waals surface area contributed by atoms with E-state index in [-0.39, 0.29) is 0 Å². The minimum atomic E-state index is 0.794. The van der Waals surface area contributed by atoms with Gasteiger partial charge in [-0.05, 0) is 241 Å². The number of pyridine rings is 11. The van der Waals surface area contributed by atoms with Crippen molar-refractivity contribution in [3.8, 4) is 168 Å². The van der Waals surface area contributed by atoms with Gasteiger partial charge in [0.25, 0.3) is 0 Å². The third-order valence-corrected chi connectivity index (χ3v) is 27.7. The maximum atomic E-state index is 5.15. The Hall–Kier alpha value is -20.5. The molecule has 0 amide bonds. The Bertz CT molecular complexity index is 9460. The molecular formula is C135H89N15.